The molecule has 8 nitrogen and oxygen atoms in total. The molecule has 0 heterocycles. The van der Waals surface area contributed by atoms with Gasteiger partial charge in [0.15, 0.2) is 4.90 Å². The van der Waals surface area contributed by atoms with E-state index in [1.54, 1.807) is 6.92 Å². The van der Waals surface area contributed by atoms with Crippen molar-refractivity contribution in [2.45, 2.75) is 30.2 Å². The van der Waals surface area contributed by atoms with Gasteiger partial charge in [0, 0.05) is 12.1 Å². The Hall–Kier alpha value is -1.71. The smallest absolute Gasteiger partial charge is 0.293 e. The Kier molecular flexibility index (Phi) is 4.41. The maximum atomic E-state index is 12.6. The molecule has 1 aliphatic carbocycles. The van der Waals surface area contributed by atoms with E-state index in [0.29, 0.717) is 0 Å². The van der Waals surface area contributed by atoms with E-state index in [-0.39, 0.29) is 18.2 Å². The standard InChI is InChI=1S/C13H19N3O5S/c1-13(8-14,9-3-4-9)15-22(19,20)12-6-5-10(21-2)7-11(12)16(17)18/h5-7,9,15H,3-4,8,14H2,1-2H3. The van der Waals surface area contributed by atoms with Crippen LogP contribution in [0.1, 0.15) is 19.8 Å². The second kappa shape index (κ2) is 5.82. The average molecular weight is 329 g/mol. The fourth-order valence-corrected chi connectivity index (χ4v) is 4.00. The van der Waals surface area contributed by atoms with Gasteiger partial charge in [-0.2, -0.15) is 0 Å². The summed E-state index contributed by atoms with van der Waals surface area (Å²) >= 11 is 0. The SMILES string of the molecule is COc1ccc(S(=O)(=O)NC(C)(CN)C2CC2)c([N+](=O)[O-])c1. The van der Waals surface area contributed by atoms with Gasteiger partial charge in [0.2, 0.25) is 10.0 Å². The normalized spacial score (nSPS) is 17.8. The van der Waals surface area contributed by atoms with Crippen LogP contribution in [0.2, 0.25) is 0 Å². The summed E-state index contributed by atoms with van der Waals surface area (Å²) < 4.78 is 32.5. The summed E-state index contributed by atoms with van der Waals surface area (Å²) in [7, 11) is -2.71. The number of benzene rings is 1. The van der Waals surface area contributed by atoms with E-state index in [4.69, 9.17) is 10.5 Å². The second-order valence-electron chi connectivity index (χ2n) is 5.59. The zero-order valence-electron chi connectivity index (χ0n) is 12.4. The van der Waals surface area contributed by atoms with E-state index in [2.05, 4.69) is 4.72 Å². The van der Waals surface area contributed by atoms with Gasteiger partial charge < -0.3 is 10.5 Å². The van der Waals surface area contributed by atoms with E-state index in [1.165, 1.54) is 19.2 Å². The molecule has 122 valence electrons. The van der Waals surface area contributed by atoms with Gasteiger partial charge in [0.1, 0.15) is 5.75 Å². The van der Waals surface area contributed by atoms with Crippen LogP contribution in [-0.4, -0.2) is 32.5 Å². The highest BCUT2D eigenvalue weighted by Gasteiger charge is 2.44. The Morgan fingerprint density at radius 2 is 2.14 bits per heavy atom. The molecule has 0 radical (unpaired) electrons. The lowest BCUT2D eigenvalue weighted by atomic mass is 9.98. The molecule has 3 N–H and O–H groups in total. The van der Waals surface area contributed by atoms with E-state index in [1.807, 2.05) is 0 Å². The molecule has 2 rings (SSSR count). The van der Waals surface area contributed by atoms with Crippen LogP contribution in [-0.2, 0) is 10.0 Å². The number of nitrogens with zero attached hydrogens (tertiary/aromatic N) is 1. The molecule has 0 amide bonds. The molecular formula is C13H19N3O5S. The van der Waals surface area contributed by atoms with Gasteiger partial charge in [-0.15, -0.1) is 0 Å². The monoisotopic (exact) mass is 329 g/mol. The molecule has 1 aromatic carbocycles. The van der Waals surface area contributed by atoms with Crippen LogP contribution in [0.15, 0.2) is 23.1 Å². The maximum Gasteiger partial charge on any atom is 0.293 e. The Morgan fingerprint density at radius 1 is 1.50 bits per heavy atom. The Morgan fingerprint density at radius 3 is 2.59 bits per heavy atom. The summed E-state index contributed by atoms with van der Waals surface area (Å²) in [4.78, 5) is 10.0. The molecule has 22 heavy (non-hydrogen) atoms. The number of nitro benzene ring substituents is 1. The number of rotatable bonds is 7. The van der Waals surface area contributed by atoms with Crippen LogP contribution in [0.4, 0.5) is 5.69 Å². The van der Waals surface area contributed by atoms with Gasteiger partial charge in [-0.25, -0.2) is 13.1 Å². The van der Waals surface area contributed by atoms with Crippen molar-refractivity contribution >= 4 is 15.7 Å². The topological polar surface area (TPSA) is 125 Å². The predicted octanol–water partition coefficient (Wildman–Crippen LogP) is 1.01. The van der Waals surface area contributed by atoms with Crippen molar-refractivity contribution in [1.29, 1.82) is 0 Å². The largest absolute Gasteiger partial charge is 0.497 e. The molecule has 0 aliphatic heterocycles. The van der Waals surface area contributed by atoms with Crippen LogP contribution < -0.4 is 15.2 Å². The molecule has 0 spiro atoms. The van der Waals surface area contributed by atoms with Gasteiger partial charge in [0.25, 0.3) is 5.69 Å². The molecular weight excluding hydrogens is 310 g/mol. The quantitative estimate of drug-likeness (QED) is 0.568. The summed E-state index contributed by atoms with van der Waals surface area (Å²) in [6.45, 7) is 1.85. The van der Waals surface area contributed by atoms with Crippen molar-refractivity contribution in [2.24, 2.45) is 11.7 Å². The summed E-state index contributed by atoms with van der Waals surface area (Å²) in [5, 5.41) is 11.2. The maximum absolute atomic E-state index is 12.6. The number of sulfonamides is 1. The Balaban J connectivity index is 2.43. The highest BCUT2D eigenvalue weighted by molar-refractivity contribution is 7.89. The zero-order valence-corrected chi connectivity index (χ0v) is 13.2. The first-order valence-corrected chi connectivity index (χ1v) is 8.28. The highest BCUT2D eigenvalue weighted by Crippen LogP contribution is 2.40. The third-order valence-electron chi connectivity index (χ3n) is 3.92. The van der Waals surface area contributed by atoms with Gasteiger partial charge >= 0.3 is 0 Å². The van der Waals surface area contributed by atoms with Crippen LogP contribution in [0, 0.1) is 16.0 Å². The van der Waals surface area contributed by atoms with Crippen LogP contribution in [0.3, 0.4) is 0 Å². The molecule has 1 aliphatic rings. The number of methoxy groups -OCH3 is 1. The van der Waals surface area contributed by atoms with Crippen LogP contribution in [0.5, 0.6) is 5.75 Å². The third-order valence-corrected chi connectivity index (χ3v) is 5.58. The number of nitro groups is 1. The van der Waals surface area contributed by atoms with Gasteiger partial charge in [0.05, 0.1) is 18.1 Å². The first-order valence-electron chi connectivity index (χ1n) is 6.80. The number of nitrogens with two attached hydrogens (primary N) is 1. The third kappa shape index (κ3) is 3.21. The first-order chi connectivity index (χ1) is 10.2. The summed E-state index contributed by atoms with van der Waals surface area (Å²) in [5.74, 6) is 0.374. The Labute approximate surface area is 128 Å². The second-order valence-corrected chi connectivity index (χ2v) is 7.24. The van der Waals surface area contributed by atoms with Crippen molar-refractivity contribution in [2.75, 3.05) is 13.7 Å². The molecule has 0 saturated heterocycles. The van der Waals surface area contributed by atoms with E-state index >= 15 is 0 Å². The van der Waals surface area contributed by atoms with E-state index in [0.717, 1.165) is 18.9 Å². The summed E-state index contributed by atoms with van der Waals surface area (Å²) in [6, 6.07) is 3.63. The molecule has 1 unspecified atom stereocenters. The van der Waals surface area contributed by atoms with Crippen LogP contribution in [0.25, 0.3) is 0 Å². The lowest BCUT2D eigenvalue weighted by Gasteiger charge is -2.28. The van der Waals surface area contributed by atoms with Gasteiger partial charge in [-0.3, -0.25) is 10.1 Å². The highest BCUT2D eigenvalue weighted by atomic mass is 32.2. The molecule has 1 aromatic rings. The molecule has 0 aromatic heterocycles. The van der Waals surface area contributed by atoms with Crippen molar-refractivity contribution in [3.8, 4) is 5.75 Å². The number of hydrogen-bond donors (Lipinski definition) is 2. The number of nitrogens with one attached hydrogen (secondary N) is 1. The fraction of sp³-hybridized carbons (Fsp3) is 0.538. The number of hydrogen-bond acceptors (Lipinski definition) is 6. The van der Waals surface area contributed by atoms with Crippen molar-refractivity contribution in [3.63, 3.8) is 0 Å². The van der Waals surface area contributed by atoms with Crippen molar-refractivity contribution in [3.05, 3.63) is 28.3 Å². The minimum atomic E-state index is -4.06. The van der Waals surface area contributed by atoms with Gasteiger partial charge in [-0.05, 0) is 37.8 Å². The summed E-state index contributed by atoms with van der Waals surface area (Å²) in [5.41, 5.74) is 4.37. The average Bonchev–Trinajstić information content (AvgIpc) is 3.31. The summed E-state index contributed by atoms with van der Waals surface area (Å²) in [6.07, 6.45) is 1.78. The van der Waals surface area contributed by atoms with E-state index < -0.39 is 31.1 Å². The minimum Gasteiger partial charge on any atom is -0.497 e. The lowest BCUT2D eigenvalue weighted by molar-refractivity contribution is -0.387. The minimum absolute atomic E-state index is 0.126. The van der Waals surface area contributed by atoms with Crippen molar-refractivity contribution in [1.82, 2.24) is 4.72 Å². The lowest BCUT2D eigenvalue weighted by Crippen LogP contribution is -2.53. The zero-order chi connectivity index (χ0) is 16.5. The molecule has 9 heteroatoms. The van der Waals surface area contributed by atoms with E-state index in [9.17, 15) is 18.5 Å². The van der Waals surface area contributed by atoms with Crippen LogP contribution >= 0.6 is 0 Å². The molecule has 1 atom stereocenters. The van der Waals surface area contributed by atoms with Gasteiger partial charge in [-0.1, -0.05) is 0 Å². The fourth-order valence-electron chi connectivity index (χ4n) is 2.37. The molecule has 0 bridgehead atoms. The first kappa shape index (κ1) is 16.7. The molecule has 1 saturated carbocycles. The Bertz CT molecular complexity index is 687. The number of ether oxygens (including phenoxy) is 1. The van der Waals surface area contributed by atoms with Crippen molar-refractivity contribution < 1.29 is 18.1 Å². The predicted molar refractivity (Wildman–Crippen MR) is 80.2 cm³/mol. The molecule has 1 fully saturated rings.